The molecule has 0 aliphatic heterocycles. The maximum atomic E-state index is 5.65. The van der Waals surface area contributed by atoms with E-state index in [0.717, 1.165) is 5.92 Å². The number of alkyl halides is 1. The van der Waals surface area contributed by atoms with Gasteiger partial charge in [0.1, 0.15) is 0 Å². The van der Waals surface area contributed by atoms with Crippen molar-refractivity contribution in [1.29, 1.82) is 0 Å². The van der Waals surface area contributed by atoms with Crippen LogP contribution >= 0.6 is 11.6 Å². The highest BCUT2D eigenvalue weighted by Gasteiger charge is 2.32. The van der Waals surface area contributed by atoms with Crippen molar-refractivity contribution >= 4 is 11.6 Å². The van der Waals surface area contributed by atoms with E-state index in [-0.39, 0.29) is 0 Å². The molecule has 0 heterocycles. The monoisotopic (exact) mass is 104 g/mol. The highest BCUT2D eigenvalue weighted by molar-refractivity contribution is 6.22. The summed E-state index contributed by atoms with van der Waals surface area (Å²) in [5.74, 6) is 0.867. The topological polar surface area (TPSA) is 0 Å². The molecule has 0 spiro atoms. The van der Waals surface area contributed by atoms with Crippen LogP contribution in [0, 0.1) is 5.92 Å². The zero-order valence-corrected chi connectivity index (χ0v) is 4.70. The first kappa shape index (κ1) is 4.45. The minimum absolute atomic E-state index is 0.537. The van der Waals surface area contributed by atoms with Crippen molar-refractivity contribution in [3.63, 3.8) is 0 Å². The van der Waals surface area contributed by atoms with Gasteiger partial charge in [0.25, 0.3) is 0 Å². The minimum atomic E-state index is 0.537. The third-order valence-corrected chi connectivity index (χ3v) is 1.90. The second kappa shape index (κ2) is 1.42. The van der Waals surface area contributed by atoms with Crippen molar-refractivity contribution in [2.45, 2.75) is 25.1 Å². The Labute approximate surface area is 43.5 Å². The van der Waals surface area contributed by atoms with Gasteiger partial charge in [0, 0.05) is 5.38 Å². The van der Waals surface area contributed by atoms with E-state index in [1.165, 1.54) is 12.8 Å². The molecule has 2 atom stereocenters. The van der Waals surface area contributed by atoms with Gasteiger partial charge in [-0.1, -0.05) is 13.3 Å². The Morgan fingerprint density at radius 3 is 2.33 bits per heavy atom. The van der Waals surface area contributed by atoms with Gasteiger partial charge >= 0.3 is 0 Å². The van der Waals surface area contributed by atoms with E-state index < -0.39 is 0 Å². The summed E-state index contributed by atoms with van der Waals surface area (Å²) in [6, 6.07) is 0. The van der Waals surface area contributed by atoms with Crippen LogP contribution in [0.25, 0.3) is 0 Å². The fraction of sp³-hybridized carbons (Fsp3) is 1.00. The molecule has 0 bridgehead atoms. The van der Waals surface area contributed by atoms with E-state index in [2.05, 4.69) is 6.92 Å². The zero-order valence-electron chi connectivity index (χ0n) is 3.95. The van der Waals surface area contributed by atoms with Crippen LogP contribution in [0.3, 0.4) is 0 Å². The van der Waals surface area contributed by atoms with Crippen molar-refractivity contribution in [3.8, 4) is 0 Å². The second-order valence-corrected chi connectivity index (χ2v) is 2.48. The van der Waals surface area contributed by atoms with Gasteiger partial charge < -0.3 is 0 Å². The van der Waals surface area contributed by atoms with Crippen molar-refractivity contribution in [1.82, 2.24) is 0 Å². The molecule has 0 aromatic carbocycles. The normalized spacial score (nSPS) is 43.0. The molecule has 0 radical (unpaired) electrons. The van der Waals surface area contributed by atoms with Crippen molar-refractivity contribution in [3.05, 3.63) is 0 Å². The molecule has 36 valence electrons. The molecule has 1 rings (SSSR count). The van der Waals surface area contributed by atoms with E-state index >= 15 is 0 Å². The highest BCUT2D eigenvalue weighted by atomic mass is 35.5. The molecule has 0 N–H and O–H groups in total. The molecule has 1 aliphatic carbocycles. The molecule has 1 saturated carbocycles. The van der Waals surface area contributed by atoms with Gasteiger partial charge in [0.15, 0.2) is 0 Å². The summed E-state index contributed by atoms with van der Waals surface area (Å²) >= 11 is 5.65. The Kier molecular flexibility index (Phi) is 1.05. The molecule has 0 nitrogen and oxygen atoms in total. The number of hydrogen-bond donors (Lipinski definition) is 0. The summed E-state index contributed by atoms with van der Waals surface area (Å²) in [6.07, 6.45) is 2.53. The summed E-state index contributed by atoms with van der Waals surface area (Å²) in [6.45, 7) is 2.19. The van der Waals surface area contributed by atoms with Gasteiger partial charge in [-0.3, -0.25) is 0 Å². The lowest BCUT2D eigenvalue weighted by Gasteiger charge is -1.77. The van der Waals surface area contributed by atoms with E-state index in [9.17, 15) is 0 Å². The third-order valence-electron chi connectivity index (χ3n) is 1.36. The molecule has 0 amide bonds. The van der Waals surface area contributed by atoms with Crippen LogP contribution in [0.5, 0.6) is 0 Å². The van der Waals surface area contributed by atoms with Crippen LogP contribution < -0.4 is 0 Å². The first-order chi connectivity index (χ1) is 2.84. The molecule has 0 aromatic rings. The Hall–Kier alpha value is 0.290. The smallest absolute Gasteiger partial charge is 0.0367 e. The lowest BCUT2D eigenvalue weighted by molar-refractivity contribution is 0.801. The number of halogens is 1. The Morgan fingerprint density at radius 2 is 2.33 bits per heavy atom. The molecule has 1 aliphatic rings. The first-order valence-electron chi connectivity index (χ1n) is 2.48. The predicted octanol–water partition coefficient (Wildman–Crippen LogP) is 2.02. The van der Waals surface area contributed by atoms with Crippen LogP contribution in [0.15, 0.2) is 0 Å². The maximum Gasteiger partial charge on any atom is 0.0367 e. The molecule has 0 saturated heterocycles. The second-order valence-electron chi connectivity index (χ2n) is 1.92. The maximum absolute atomic E-state index is 5.65. The predicted molar refractivity (Wildman–Crippen MR) is 28.0 cm³/mol. The molecule has 0 aromatic heterocycles. The molecule has 1 fully saturated rings. The van der Waals surface area contributed by atoms with Crippen LogP contribution in [0.1, 0.15) is 19.8 Å². The van der Waals surface area contributed by atoms with Crippen molar-refractivity contribution in [2.75, 3.05) is 0 Å². The quantitative estimate of drug-likeness (QED) is 0.447. The Balaban J connectivity index is 2.09. The lowest BCUT2D eigenvalue weighted by Crippen LogP contribution is -1.70. The summed E-state index contributed by atoms with van der Waals surface area (Å²) in [5, 5.41) is 0.537. The zero-order chi connectivity index (χ0) is 4.57. The summed E-state index contributed by atoms with van der Waals surface area (Å²) in [4.78, 5) is 0. The van der Waals surface area contributed by atoms with Gasteiger partial charge in [0.2, 0.25) is 0 Å². The van der Waals surface area contributed by atoms with Gasteiger partial charge in [-0.25, -0.2) is 0 Å². The molecule has 6 heavy (non-hydrogen) atoms. The van der Waals surface area contributed by atoms with Gasteiger partial charge in [-0.15, -0.1) is 11.6 Å². The standard InChI is InChI=1S/C5H9Cl/c1-2-4-3-5(4)6/h4-5H,2-3H2,1H3/t4-,5-/m1/s1. The fourth-order valence-corrected chi connectivity index (χ4v) is 1.04. The summed E-state index contributed by atoms with van der Waals surface area (Å²) in [5.41, 5.74) is 0. The molecule has 1 heteroatoms. The van der Waals surface area contributed by atoms with Gasteiger partial charge in [-0.2, -0.15) is 0 Å². The first-order valence-corrected chi connectivity index (χ1v) is 2.92. The van der Waals surface area contributed by atoms with Gasteiger partial charge in [0.05, 0.1) is 0 Å². The van der Waals surface area contributed by atoms with E-state index in [1.54, 1.807) is 0 Å². The van der Waals surface area contributed by atoms with Crippen LogP contribution in [-0.4, -0.2) is 5.38 Å². The van der Waals surface area contributed by atoms with E-state index in [0.29, 0.717) is 5.38 Å². The highest BCUT2D eigenvalue weighted by Crippen LogP contribution is 2.38. The summed E-state index contributed by atoms with van der Waals surface area (Å²) < 4.78 is 0. The van der Waals surface area contributed by atoms with Crippen LogP contribution in [0.2, 0.25) is 0 Å². The summed E-state index contributed by atoms with van der Waals surface area (Å²) in [7, 11) is 0. The van der Waals surface area contributed by atoms with Crippen LogP contribution in [0.4, 0.5) is 0 Å². The molecule has 0 unspecified atom stereocenters. The van der Waals surface area contributed by atoms with Gasteiger partial charge in [-0.05, 0) is 12.3 Å². The lowest BCUT2D eigenvalue weighted by atomic mass is 10.3. The third kappa shape index (κ3) is 0.676. The van der Waals surface area contributed by atoms with Crippen molar-refractivity contribution < 1.29 is 0 Å². The number of hydrogen-bond acceptors (Lipinski definition) is 0. The van der Waals surface area contributed by atoms with E-state index in [4.69, 9.17) is 11.6 Å². The largest absolute Gasteiger partial charge is 0.123 e. The fourth-order valence-electron chi connectivity index (χ4n) is 0.633. The SMILES string of the molecule is CC[C@@H]1C[C@H]1Cl. The average Bonchev–Trinajstić information content (AvgIpc) is 2.19. The Bertz CT molecular complexity index is 49.9. The molecular weight excluding hydrogens is 95.5 g/mol. The average molecular weight is 105 g/mol. The Morgan fingerprint density at radius 1 is 1.83 bits per heavy atom. The minimum Gasteiger partial charge on any atom is -0.123 e. The number of rotatable bonds is 1. The van der Waals surface area contributed by atoms with Crippen molar-refractivity contribution in [2.24, 2.45) is 5.92 Å². The van der Waals surface area contributed by atoms with Crippen LogP contribution in [-0.2, 0) is 0 Å². The molecular formula is C5H9Cl. The van der Waals surface area contributed by atoms with E-state index in [1.807, 2.05) is 0 Å².